The van der Waals surface area contributed by atoms with Gasteiger partial charge in [0, 0.05) is 102 Å². The van der Waals surface area contributed by atoms with Gasteiger partial charge in [0.25, 0.3) is 29.5 Å². The Hall–Kier alpha value is -11.1. The van der Waals surface area contributed by atoms with E-state index in [2.05, 4.69) is 162 Å². The normalized spacial score (nSPS) is 11.5. The Morgan fingerprint density at radius 3 is 0.811 bits per heavy atom. The molecule has 5 amide bonds. The van der Waals surface area contributed by atoms with Gasteiger partial charge >= 0.3 is 0 Å². The van der Waals surface area contributed by atoms with Crippen molar-refractivity contribution in [2.45, 2.75) is 325 Å². The third kappa shape index (κ3) is 32.7. The van der Waals surface area contributed by atoms with Crippen LogP contribution in [0.5, 0.6) is 0 Å². The molecule has 0 aliphatic carbocycles. The lowest BCUT2D eigenvalue weighted by Gasteiger charge is -2.24. The van der Waals surface area contributed by atoms with Gasteiger partial charge in [0.05, 0.1) is 112 Å². The number of carbonyl (C=O) groups is 5. The molecule has 10 heterocycles. The third-order valence-electron chi connectivity index (χ3n) is 25.5. The monoisotopic (exact) mass is 2120 g/mol. The van der Waals surface area contributed by atoms with Crippen LogP contribution in [0.3, 0.4) is 0 Å². The Morgan fingerprint density at radius 2 is 0.520 bits per heavy atom. The topological polar surface area (TPSA) is 191 Å². The van der Waals surface area contributed by atoms with E-state index in [9.17, 15) is 45.9 Å². The maximum atomic E-state index is 13.8. The molecule has 0 aliphatic heterocycles. The molecule has 15 aromatic rings. The molecule has 0 bridgehead atoms. The number of rotatable bonds is 49. The van der Waals surface area contributed by atoms with Crippen LogP contribution in [0.4, 0.5) is 22.0 Å². The zero-order valence-corrected chi connectivity index (χ0v) is 94.8. The van der Waals surface area contributed by atoms with Crippen molar-refractivity contribution in [3.63, 3.8) is 0 Å². The van der Waals surface area contributed by atoms with Crippen molar-refractivity contribution in [3.05, 3.63) is 259 Å². The summed E-state index contributed by atoms with van der Waals surface area (Å²) in [7, 11) is 0. The van der Waals surface area contributed by atoms with Crippen LogP contribution in [0.25, 0.3) is 55.2 Å². The van der Waals surface area contributed by atoms with Gasteiger partial charge in [-0.2, -0.15) is 0 Å². The average Bonchev–Trinajstić information content (AvgIpc) is 1.66. The second-order valence-corrected chi connectivity index (χ2v) is 45.8. The molecule has 0 N–H and O–H groups in total. The number of imidazole rings is 5. The molecule has 15 rings (SSSR count). The molecule has 0 unspecified atom stereocenters. The van der Waals surface area contributed by atoms with Crippen LogP contribution in [-0.2, 0) is 97.6 Å². The number of fused-ring (bicyclic) bond motifs is 5. The third-order valence-corrected chi connectivity index (χ3v) is 31.4. The fraction of sp³-hybridized carbons (Fsp3) is 0.492. The van der Waals surface area contributed by atoms with Gasteiger partial charge in [0.15, 0.2) is 0 Å². The van der Waals surface area contributed by atoms with E-state index in [4.69, 9.17) is 24.9 Å². The van der Waals surface area contributed by atoms with Crippen molar-refractivity contribution in [2.24, 2.45) is 23.7 Å². The summed E-state index contributed by atoms with van der Waals surface area (Å²) in [5, 5.41) is 0. The predicted octanol–water partition coefficient (Wildman–Crippen LogP) is 30.8. The first-order chi connectivity index (χ1) is 71.3. The van der Waals surface area contributed by atoms with Crippen molar-refractivity contribution >= 4 is 141 Å². The van der Waals surface area contributed by atoms with E-state index >= 15 is 0 Å². The van der Waals surface area contributed by atoms with E-state index in [0.717, 1.165) is 220 Å². The first kappa shape index (κ1) is 117. The molecule has 0 atom stereocenters. The first-order valence-corrected chi connectivity index (χ1v) is 58.0. The van der Waals surface area contributed by atoms with Gasteiger partial charge in [-0.3, -0.25) is 24.0 Å². The van der Waals surface area contributed by atoms with Crippen LogP contribution in [0.15, 0.2) is 152 Å². The van der Waals surface area contributed by atoms with E-state index in [-0.39, 0.29) is 58.6 Å². The van der Waals surface area contributed by atoms with E-state index in [1.54, 1.807) is 87.0 Å². The Bertz CT molecular complexity index is 6760. The van der Waals surface area contributed by atoms with Crippen molar-refractivity contribution in [3.8, 4) is 0 Å². The highest BCUT2D eigenvalue weighted by atomic mass is 32.1. The second-order valence-electron chi connectivity index (χ2n) is 39.9. The number of benzene rings is 5. The van der Waals surface area contributed by atoms with Crippen molar-refractivity contribution in [1.82, 2.24) is 72.3 Å². The van der Waals surface area contributed by atoms with Gasteiger partial charge in [-0.25, -0.2) is 46.9 Å². The Morgan fingerprint density at radius 1 is 0.264 bits per heavy atom. The molecule has 148 heavy (non-hydrogen) atoms. The number of thiophene rings is 5. The van der Waals surface area contributed by atoms with Crippen LogP contribution >= 0.6 is 56.7 Å². The lowest BCUT2D eigenvalue weighted by atomic mass is 10.1. The highest BCUT2D eigenvalue weighted by Crippen LogP contribution is 2.33. The van der Waals surface area contributed by atoms with Gasteiger partial charge in [-0.05, 0) is 253 Å². The molecule has 798 valence electrons. The molecular formula is C118H156F5N15O5S5. The van der Waals surface area contributed by atoms with Gasteiger partial charge < -0.3 is 47.3 Å². The fourth-order valence-electron chi connectivity index (χ4n) is 18.2. The van der Waals surface area contributed by atoms with E-state index < -0.39 is 0 Å². The summed E-state index contributed by atoms with van der Waals surface area (Å²) in [4.78, 5) is 110. The number of aryl methyl sites for hydroxylation is 10. The Balaban J connectivity index is 0.000000176. The van der Waals surface area contributed by atoms with Crippen LogP contribution in [0, 0.1) is 52.8 Å². The summed E-state index contributed by atoms with van der Waals surface area (Å²) in [5.74, 6) is 4.51. The van der Waals surface area contributed by atoms with E-state index in [1.165, 1.54) is 124 Å². The number of nitrogens with zero attached hydrogens (tertiary/aromatic N) is 15. The minimum absolute atomic E-state index is 0.0414. The van der Waals surface area contributed by atoms with Crippen molar-refractivity contribution in [1.29, 1.82) is 0 Å². The molecule has 10 aromatic heterocycles. The second kappa shape index (κ2) is 58.4. The van der Waals surface area contributed by atoms with E-state index in [1.807, 2.05) is 77.6 Å². The minimum atomic E-state index is -0.288. The zero-order chi connectivity index (χ0) is 107. The summed E-state index contributed by atoms with van der Waals surface area (Å²) in [6, 6.07) is 43.5. The van der Waals surface area contributed by atoms with Gasteiger partial charge in [-0.1, -0.05) is 170 Å². The average molecular weight is 2120 g/mol. The number of unbranched alkanes of at least 4 members (excludes halogenated alkanes) is 6. The smallest absolute Gasteiger partial charge is 0.264 e. The molecule has 30 heteroatoms. The Kier molecular flexibility index (Phi) is 46.2. The summed E-state index contributed by atoms with van der Waals surface area (Å²) in [6.45, 7) is 49.7. The SMILES string of the molecule is CCCCCCc1ccc(C(=O)N(Cc2nc3cc(F)ccc3n2CCC)CC(C)C)s1.CCCCCc1ccc(C(=O)N(Cc2nc3cc(F)ccc3n2CCC)CC(C)C)s1.CCCCN(Cc1nc2ccc(F)cc2n1CCC)C(=O)c1ccc(CC)s1.CCCn1c(CN(CC(C)C)C(=O)c2ccc(CC)s2)nc2ccc(F)cc21.CCCn1c(CN(CCC(C)C)C(=O)c2ccc(CC)s2)nc2ccc(F)cc21. The molecular weight excluding hydrogens is 1960 g/mol. The maximum absolute atomic E-state index is 13.8. The number of hydrogen-bond acceptors (Lipinski definition) is 15. The Labute approximate surface area is 893 Å². The summed E-state index contributed by atoms with van der Waals surface area (Å²) >= 11 is 7.92. The molecule has 20 nitrogen and oxygen atoms in total. The predicted molar refractivity (Wildman–Crippen MR) is 603 cm³/mol. The maximum Gasteiger partial charge on any atom is 0.264 e. The standard InChI is InChI=1S/C26H36FN3OS.C25H34FN3OS.C23H30FN3OS.2C22H28FN3OS/c1-5-7-8-9-10-21-12-14-24(32-21)26(31)29(17-19(3)4)18-25-28-22-16-20(27)11-13-23(22)30(25)15-6-2;1-5-7-8-9-20-11-13-23(31-20)25(30)28(16-18(3)4)17-24-27-21-15-19(26)10-12-22(21)29(24)14-6-2;1-5-12-27-20-14-17(24)7-9-19(20)25-22(27)15-26(13-11-16(3)4)23(28)21-10-8-18(6-2)29-21;1-5-11-26-19-12-16(23)7-9-18(19)24-21(26)14-25(13-15(3)4)22(27)20-10-8-17(6-2)28-20;1-4-7-13-25(22(27)20-11-9-17(6-3)28-20)15-21-24-18-10-8-16(23)14-19(18)26(21)12-5-2/h11-14,16,19H,5-10,15,17-18H2,1-4H3;10-13,15,18H,5-9,14,16-17H2,1-4H3;7-10,14,16H,5-6,11-13,15H2,1-4H3;7-10,12,15H,5-6,11,13-14H2,1-4H3;8-11,14H,4-7,12-13,15H2,1-3H3. The quantitative estimate of drug-likeness (QED) is 0.0262. The van der Waals surface area contributed by atoms with Gasteiger partial charge in [0.1, 0.15) is 58.2 Å². The van der Waals surface area contributed by atoms with E-state index in [0.29, 0.717) is 100 Å². The number of halogens is 5. The molecule has 0 aliphatic rings. The minimum Gasteiger partial charge on any atom is -0.330 e. The summed E-state index contributed by atoms with van der Waals surface area (Å²) in [6.07, 6.45) is 20.9. The molecule has 0 saturated carbocycles. The van der Waals surface area contributed by atoms with Gasteiger partial charge in [-0.15, -0.1) is 56.7 Å². The van der Waals surface area contributed by atoms with Gasteiger partial charge in [0.2, 0.25) is 0 Å². The summed E-state index contributed by atoms with van der Waals surface area (Å²) < 4.78 is 79.3. The first-order valence-electron chi connectivity index (χ1n) is 53.9. The lowest BCUT2D eigenvalue weighted by molar-refractivity contribution is 0.0714. The number of amides is 5. The number of carbonyl (C=O) groups excluding carboxylic acids is 5. The van der Waals surface area contributed by atoms with Crippen molar-refractivity contribution in [2.75, 3.05) is 32.7 Å². The van der Waals surface area contributed by atoms with Crippen molar-refractivity contribution < 1.29 is 45.9 Å². The zero-order valence-electron chi connectivity index (χ0n) is 90.7. The lowest BCUT2D eigenvalue weighted by Crippen LogP contribution is -2.34. The van der Waals surface area contributed by atoms with Crippen LogP contribution in [0.1, 0.15) is 330 Å². The van der Waals surface area contributed by atoms with Crippen LogP contribution in [0.2, 0.25) is 0 Å². The highest BCUT2D eigenvalue weighted by Gasteiger charge is 2.30. The molecule has 0 fully saturated rings. The van der Waals surface area contributed by atoms with Crippen LogP contribution < -0.4 is 0 Å². The summed E-state index contributed by atoms with van der Waals surface area (Å²) in [5.41, 5.74) is 7.84. The molecule has 0 radical (unpaired) electrons. The highest BCUT2D eigenvalue weighted by molar-refractivity contribution is 7.15. The number of hydrogen-bond donors (Lipinski definition) is 0. The molecule has 5 aromatic carbocycles. The fourth-order valence-corrected chi connectivity index (χ4v) is 23.0. The molecule has 0 saturated heterocycles. The van der Waals surface area contributed by atoms with Crippen LogP contribution in [-0.4, -0.2) is 135 Å². The molecule has 0 spiro atoms. The largest absolute Gasteiger partial charge is 0.330 e. The number of aromatic nitrogens is 10.